The van der Waals surface area contributed by atoms with E-state index >= 15 is 0 Å². The van der Waals surface area contributed by atoms with Crippen molar-refractivity contribution in [3.63, 3.8) is 0 Å². The maximum atomic E-state index is 12.6. The highest BCUT2D eigenvalue weighted by atomic mass is 16.7. The summed E-state index contributed by atoms with van der Waals surface area (Å²) in [5.41, 5.74) is -1.30. The molecule has 0 spiro atoms. The van der Waals surface area contributed by atoms with Crippen LogP contribution < -0.4 is 0 Å². The average Bonchev–Trinajstić information content (AvgIpc) is 2.64. The summed E-state index contributed by atoms with van der Waals surface area (Å²) in [6, 6.07) is 2.10. The Labute approximate surface area is 152 Å². The van der Waals surface area contributed by atoms with Crippen LogP contribution in [-0.2, 0) is 19.0 Å². The van der Waals surface area contributed by atoms with Crippen molar-refractivity contribution in [2.75, 3.05) is 13.2 Å². The van der Waals surface area contributed by atoms with Gasteiger partial charge >= 0.3 is 5.97 Å². The van der Waals surface area contributed by atoms with Crippen molar-refractivity contribution in [3.05, 3.63) is 0 Å². The fraction of sp³-hybridized carbons (Fsp3) is 0.900. The first-order valence-corrected chi connectivity index (χ1v) is 9.99. The van der Waals surface area contributed by atoms with Crippen molar-refractivity contribution in [1.29, 1.82) is 5.26 Å². The zero-order valence-electron chi connectivity index (χ0n) is 15.8. The smallest absolute Gasteiger partial charge is 0.331 e. The minimum absolute atomic E-state index is 0.0619. The molecule has 0 amide bonds. The molecule has 0 aromatic rings. The number of hydrogen-bond acceptors (Lipinski definition) is 5. The summed E-state index contributed by atoms with van der Waals surface area (Å²) in [5, 5.41) is 9.54. The van der Waals surface area contributed by atoms with Crippen LogP contribution in [0.3, 0.4) is 0 Å². The van der Waals surface area contributed by atoms with Crippen LogP contribution in [0.5, 0.6) is 0 Å². The summed E-state index contributed by atoms with van der Waals surface area (Å²) in [7, 11) is 0. The van der Waals surface area contributed by atoms with Crippen molar-refractivity contribution in [3.8, 4) is 6.07 Å². The second kappa shape index (κ2) is 10.1. The maximum absolute atomic E-state index is 12.6. The largest absolute Gasteiger partial charge is 0.461 e. The molecule has 0 unspecified atom stereocenters. The molecule has 2 fully saturated rings. The predicted octanol–water partition coefficient (Wildman–Crippen LogP) is 4.35. The first-order valence-electron chi connectivity index (χ1n) is 9.99. The Bertz CT molecular complexity index is 443. The molecule has 1 aliphatic carbocycles. The van der Waals surface area contributed by atoms with Crippen molar-refractivity contribution >= 4 is 5.97 Å². The van der Waals surface area contributed by atoms with E-state index in [2.05, 4.69) is 19.9 Å². The van der Waals surface area contributed by atoms with E-state index in [0.717, 1.165) is 57.3 Å². The Morgan fingerprint density at radius 1 is 1.08 bits per heavy atom. The number of nitrogens with zero attached hydrogens (tertiary/aromatic N) is 1. The van der Waals surface area contributed by atoms with Crippen LogP contribution in [0.4, 0.5) is 0 Å². The Morgan fingerprint density at radius 3 is 2.32 bits per heavy atom. The third-order valence-electron chi connectivity index (χ3n) is 5.44. The molecule has 0 aromatic heterocycles. The second-order valence-corrected chi connectivity index (χ2v) is 7.58. The van der Waals surface area contributed by atoms with Gasteiger partial charge in [0.2, 0.25) is 5.41 Å². The fourth-order valence-electron chi connectivity index (χ4n) is 3.73. The molecule has 1 saturated carbocycles. The van der Waals surface area contributed by atoms with E-state index in [1.54, 1.807) is 0 Å². The van der Waals surface area contributed by atoms with Crippen LogP contribution in [0.2, 0.25) is 0 Å². The number of unbranched alkanes of at least 4 members (excludes halogenated alkanes) is 2. The highest BCUT2D eigenvalue weighted by Crippen LogP contribution is 2.32. The summed E-state index contributed by atoms with van der Waals surface area (Å²) in [6.07, 6.45) is 10.2. The van der Waals surface area contributed by atoms with Gasteiger partial charge in [-0.1, -0.05) is 39.5 Å². The Hall–Kier alpha value is -1.12. The summed E-state index contributed by atoms with van der Waals surface area (Å²) in [6.45, 7) is 4.50. The maximum Gasteiger partial charge on any atom is 0.331 e. The molecular formula is C20H33NO4. The van der Waals surface area contributed by atoms with Crippen LogP contribution in [0, 0.1) is 22.7 Å². The van der Waals surface area contributed by atoms with Crippen LogP contribution in [0.1, 0.15) is 78.1 Å². The third kappa shape index (κ3) is 5.69. The SMILES string of the molecule is CCCCC[C@H]1OC[C@@](C#N)(C(=O)OC2CCC(CCC)CC2)CO1. The third-order valence-corrected chi connectivity index (χ3v) is 5.44. The summed E-state index contributed by atoms with van der Waals surface area (Å²) < 4.78 is 17.0. The van der Waals surface area contributed by atoms with E-state index in [4.69, 9.17) is 14.2 Å². The van der Waals surface area contributed by atoms with Crippen molar-refractivity contribution in [2.24, 2.45) is 11.3 Å². The molecule has 0 bridgehead atoms. The monoisotopic (exact) mass is 351 g/mol. The number of rotatable bonds is 8. The number of hydrogen-bond donors (Lipinski definition) is 0. The van der Waals surface area contributed by atoms with E-state index in [0.29, 0.717) is 0 Å². The molecule has 0 aromatic carbocycles. The quantitative estimate of drug-likeness (QED) is 0.480. The lowest BCUT2D eigenvalue weighted by Crippen LogP contribution is -2.48. The molecular weight excluding hydrogens is 318 g/mol. The van der Waals surface area contributed by atoms with E-state index in [1.165, 1.54) is 12.8 Å². The zero-order valence-corrected chi connectivity index (χ0v) is 15.8. The number of esters is 1. The molecule has 0 N–H and O–H groups in total. The normalized spacial score (nSPS) is 32.8. The van der Waals surface area contributed by atoms with Gasteiger partial charge in [-0.15, -0.1) is 0 Å². The molecule has 142 valence electrons. The summed E-state index contributed by atoms with van der Waals surface area (Å²) in [4.78, 5) is 12.6. The number of nitriles is 1. The summed E-state index contributed by atoms with van der Waals surface area (Å²) >= 11 is 0. The highest BCUT2D eigenvalue weighted by Gasteiger charge is 2.46. The molecule has 2 aliphatic rings. The van der Waals surface area contributed by atoms with Crippen molar-refractivity contribution < 1.29 is 19.0 Å². The second-order valence-electron chi connectivity index (χ2n) is 7.58. The van der Waals surface area contributed by atoms with Crippen molar-refractivity contribution in [2.45, 2.75) is 90.4 Å². The highest BCUT2D eigenvalue weighted by molar-refractivity contribution is 5.80. The molecule has 1 saturated heterocycles. The van der Waals surface area contributed by atoms with Crippen molar-refractivity contribution in [1.82, 2.24) is 0 Å². The minimum atomic E-state index is -1.30. The zero-order chi connectivity index (χ0) is 18.1. The van der Waals surface area contributed by atoms with Gasteiger partial charge in [0.25, 0.3) is 0 Å². The van der Waals surface area contributed by atoms with Gasteiger partial charge in [-0.25, -0.2) is 0 Å². The minimum Gasteiger partial charge on any atom is -0.461 e. The fourth-order valence-corrected chi connectivity index (χ4v) is 3.73. The first-order chi connectivity index (χ1) is 12.1. The van der Waals surface area contributed by atoms with Gasteiger partial charge in [-0.2, -0.15) is 5.26 Å². The molecule has 2 rings (SSSR count). The van der Waals surface area contributed by atoms with Gasteiger partial charge in [0.15, 0.2) is 6.29 Å². The van der Waals surface area contributed by atoms with E-state index in [-0.39, 0.29) is 25.6 Å². The lowest BCUT2D eigenvalue weighted by molar-refractivity contribution is -0.228. The topological polar surface area (TPSA) is 68.5 Å². The van der Waals surface area contributed by atoms with Gasteiger partial charge in [-0.3, -0.25) is 4.79 Å². The average molecular weight is 351 g/mol. The standard InChI is InChI=1S/C20H33NO4/c1-3-5-6-8-18-23-14-20(13-21,15-24-18)19(22)25-17-11-9-16(7-4-2)10-12-17/h16-18H,3-12,14-15H2,1-2H3/t16?,17?,18-,20+. The van der Waals surface area contributed by atoms with E-state index in [9.17, 15) is 10.1 Å². The molecule has 0 radical (unpaired) electrons. The number of ether oxygens (including phenoxy) is 3. The van der Waals surface area contributed by atoms with Gasteiger partial charge in [-0.05, 0) is 44.4 Å². The van der Waals surface area contributed by atoms with Crippen LogP contribution >= 0.6 is 0 Å². The molecule has 0 atom stereocenters. The number of carbonyl (C=O) groups is 1. The number of carbonyl (C=O) groups excluding carboxylic acids is 1. The summed E-state index contributed by atoms with van der Waals surface area (Å²) in [5.74, 6) is 0.288. The van der Waals surface area contributed by atoms with Crippen LogP contribution in [-0.4, -0.2) is 31.6 Å². The Morgan fingerprint density at radius 2 is 1.76 bits per heavy atom. The van der Waals surface area contributed by atoms with Gasteiger partial charge in [0.05, 0.1) is 19.3 Å². The lowest BCUT2D eigenvalue weighted by Gasteiger charge is -2.35. The molecule has 1 aliphatic heterocycles. The molecule has 1 heterocycles. The van der Waals surface area contributed by atoms with E-state index < -0.39 is 11.4 Å². The van der Waals surface area contributed by atoms with Gasteiger partial charge in [0, 0.05) is 0 Å². The first kappa shape index (κ1) is 20.2. The Kier molecular flexibility index (Phi) is 8.18. The Balaban J connectivity index is 1.79. The molecule has 25 heavy (non-hydrogen) atoms. The molecule has 5 heteroatoms. The van der Waals surface area contributed by atoms with E-state index in [1.807, 2.05) is 0 Å². The molecule has 5 nitrogen and oxygen atoms in total. The van der Waals surface area contributed by atoms with Crippen LogP contribution in [0.25, 0.3) is 0 Å². The predicted molar refractivity (Wildman–Crippen MR) is 94.6 cm³/mol. The van der Waals surface area contributed by atoms with Crippen LogP contribution in [0.15, 0.2) is 0 Å². The van der Waals surface area contributed by atoms with Gasteiger partial charge in [0.1, 0.15) is 6.10 Å². The van der Waals surface area contributed by atoms with Gasteiger partial charge < -0.3 is 14.2 Å². The lowest BCUT2D eigenvalue weighted by atomic mass is 9.84.